The van der Waals surface area contributed by atoms with Crippen molar-refractivity contribution in [3.8, 4) is 0 Å². The molecule has 1 saturated carbocycles. The Kier molecular flexibility index (Phi) is 4.35. The summed E-state index contributed by atoms with van der Waals surface area (Å²) >= 11 is 0. The summed E-state index contributed by atoms with van der Waals surface area (Å²) in [6, 6.07) is 0.643. The molecule has 2 fully saturated rings. The first-order chi connectivity index (χ1) is 8.47. The molecule has 0 radical (unpaired) electrons. The molecule has 2 rings (SSSR count). The number of likely N-dealkylation sites (N-methyl/N-ethyl adjacent to an activating group) is 1. The highest BCUT2D eigenvalue weighted by Crippen LogP contribution is 2.40. The van der Waals surface area contributed by atoms with Crippen molar-refractivity contribution < 1.29 is 0 Å². The molecule has 0 bridgehead atoms. The van der Waals surface area contributed by atoms with E-state index in [0.29, 0.717) is 6.04 Å². The fourth-order valence-electron chi connectivity index (χ4n) is 4.60. The lowest BCUT2D eigenvalue weighted by atomic mass is 9.70. The van der Waals surface area contributed by atoms with Crippen molar-refractivity contribution in [1.29, 1.82) is 0 Å². The highest BCUT2D eigenvalue weighted by Gasteiger charge is 2.44. The molecule has 1 saturated heterocycles. The van der Waals surface area contributed by atoms with Crippen LogP contribution in [-0.4, -0.2) is 54.6 Å². The van der Waals surface area contributed by atoms with Gasteiger partial charge in [-0.3, -0.25) is 4.90 Å². The van der Waals surface area contributed by atoms with E-state index in [1.54, 1.807) is 0 Å². The maximum atomic E-state index is 6.24. The fourth-order valence-corrected chi connectivity index (χ4v) is 4.60. The molecule has 2 N–H and O–H groups in total. The summed E-state index contributed by atoms with van der Waals surface area (Å²) in [5.41, 5.74) is 6.51. The molecule has 3 atom stereocenters. The normalized spacial score (nSPS) is 44.2. The highest BCUT2D eigenvalue weighted by molar-refractivity contribution is 5.01. The van der Waals surface area contributed by atoms with Crippen LogP contribution in [0.5, 0.6) is 0 Å². The minimum Gasteiger partial charge on any atom is -0.329 e. The lowest BCUT2D eigenvalue weighted by Crippen LogP contribution is -2.65. The second kappa shape index (κ2) is 5.48. The third-order valence-corrected chi connectivity index (χ3v) is 5.08. The Bertz CT molecular complexity index is 269. The molecule has 106 valence electrons. The number of nitrogens with zero attached hydrogens (tertiary/aromatic N) is 2. The molecule has 1 aliphatic carbocycles. The average Bonchev–Trinajstić information content (AvgIpc) is 2.27. The topological polar surface area (TPSA) is 32.5 Å². The lowest BCUT2D eigenvalue weighted by molar-refractivity contribution is -0.0388. The largest absolute Gasteiger partial charge is 0.329 e. The van der Waals surface area contributed by atoms with Gasteiger partial charge < -0.3 is 10.6 Å². The van der Waals surface area contributed by atoms with E-state index in [1.807, 2.05) is 0 Å². The summed E-state index contributed by atoms with van der Waals surface area (Å²) in [5.74, 6) is 1.65. The molecular formula is C15H31N3. The van der Waals surface area contributed by atoms with E-state index in [-0.39, 0.29) is 5.54 Å². The van der Waals surface area contributed by atoms with Gasteiger partial charge in [0.15, 0.2) is 0 Å². The predicted octanol–water partition coefficient (Wildman–Crippen LogP) is 1.78. The smallest absolute Gasteiger partial charge is 0.0340 e. The van der Waals surface area contributed by atoms with Gasteiger partial charge in [-0.25, -0.2) is 0 Å². The van der Waals surface area contributed by atoms with E-state index in [0.717, 1.165) is 18.4 Å². The van der Waals surface area contributed by atoms with Crippen LogP contribution in [0.4, 0.5) is 0 Å². The van der Waals surface area contributed by atoms with Gasteiger partial charge in [-0.05, 0) is 45.1 Å². The van der Waals surface area contributed by atoms with Gasteiger partial charge in [0.2, 0.25) is 0 Å². The number of hydrogen-bond donors (Lipinski definition) is 1. The molecule has 3 unspecified atom stereocenters. The first kappa shape index (κ1) is 14.3. The van der Waals surface area contributed by atoms with E-state index < -0.39 is 0 Å². The second-order valence-corrected chi connectivity index (χ2v) is 7.09. The van der Waals surface area contributed by atoms with Gasteiger partial charge in [0.25, 0.3) is 0 Å². The highest BCUT2D eigenvalue weighted by atomic mass is 15.3. The Labute approximate surface area is 113 Å². The minimum absolute atomic E-state index is 0.276. The Morgan fingerprint density at radius 1 is 1.11 bits per heavy atom. The molecule has 3 nitrogen and oxygen atoms in total. The first-order valence-electron chi connectivity index (χ1n) is 7.62. The molecule has 18 heavy (non-hydrogen) atoms. The van der Waals surface area contributed by atoms with Crippen LogP contribution in [0, 0.1) is 11.8 Å². The molecule has 0 aromatic heterocycles. The average molecular weight is 253 g/mol. The van der Waals surface area contributed by atoms with Crippen LogP contribution in [-0.2, 0) is 0 Å². The number of piperazine rings is 1. The van der Waals surface area contributed by atoms with Gasteiger partial charge >= 0.3 is 0 Å². The second-order valence-electron chi connectivity index (χ2n) is 7.09. The van der Waals surface area contributed by atoms with E-state index in [2.05, 4.69) is 37.6 Å². The van der Waals surface area contributed by atoms with Gasteiger partial charge in [-0.15, -0.1) is 0 Å². The minimum atomic E-state index is 0.276. The van der Waals surface area contributed by atoms with Crippen LogP contribution in [0.25, 0.3) is 0 Å². The Morgan fingerprint density at radius 2 is 1.72 bits per heavy atom. The molecule has 2 aliphatic rings. The third-order valence-electron chi connectivity index (χ3n) is 5.08. The molecular weight excluding hydrogens is 222 g/mol. The van der Waals surface area contributed by atoms with Crippen molar-refractivity contribution >= 4 is 0 Å². The predicted molar refractivity (Wildman–Crippen MR) is 77.6 cm³/mol. The quantitative estimate of drug-likeness (QED) is 0.814. The monoisotopic (exact) mass is 253 g/mol. The standard InChI is InChI=1S/C15H31N3/c1-12-7-13(2)9-15(8-12,11-16)18-6-5-17(4)10-14(18)3/h12-14H,5-11,16H2,1-4H3. The van der Waals surface area contributed by atoms with Gasteiger partial charge in [-0.2, -0.15) is 0 Å². The van der Waals surface area contributed by atoms with E-state index in [1.165, 1.54) is 38.9 Å². The van der Waals surface area contributed by atoms with Gasteiger partial charge in [-0.1, -0.05) is 13.8 Å². The number of nitrogens with two attached hydrogens (primary N) is 1. The first-order valence-corrected chi connectivity index (χ1v) is 7.62. The van der Waals surface area contributed by atoms with Crippen LogP contribution in [0.1, 0.15) is 40.0 Å². The zero-order valence-corrected chi connectivity index (χ0v) is 12.7. The van der Waals surface area contributed by atoms with Crippen LogP contribution in [0.2, 0.25) is 0 Å². The zero-order valence-electron chi connectivity index (χ0n) is 12.7. The van der Waals surface area contributed by atoms with Gasteiger partial charge in [0, 0.05) is 37.8 Å². The van der Waals surface area contributed by atoms with Crippen molar-refractivity contribution in [1.82, 2.24) is 9.80 Å². The number of rotatable bonds is 2. The molecule has 1 heterocycles. The summed E-state index contributed by atoms with van der Waals surface area (Å²) in [6.07, 6.45) is 3.97. The maximum Gasteiger partial charge on any atom is 0.0340 e. The van der Waals surface area contributed by atoms with Crippen LogP contribution < -0.4 is 5.73 Å². The van der Waals surface area contributed by atoms with Crippen molar-refractivity contribution in [2.45, 2.75) is 51.6 Å². The maximum absolute atomic E-state index is 6.24. The van der Waals surface area contributed by atoms with Crippen LogP contribution >= 0.6 is 0 Å². The zero-order chi connectivity index (χ0) is 13.3. The lowest BCUT2D eigenvalue weighted by Gasteiger charge is -2.54. The summed E-state index contributed by atoms with van der Waals surface area (Å²) in [6.45, 7) is 11.6. The molecule has 0 amide bonds. The van der Waals surface area contributed by atoms with E-state index in [9.17, 15) is 0 Å². The third kappa shape index (κ3) is 2.73. The van der Waals surface area contributed by atoms with Crippen LogP contribution in [0.15, 0.2) is 0 Å². The fraction of sp³-hybridized carbons (Fsp3) is 1.00. The Morgan fingerprint density at radius 3 is 2.22 bits per heavy atom. The summed E-state index contributed by atoms with van der Waals surface area (Å²) < 4.78 is 0. The molecule has 3 heteroatoms. The molecule has 0 spiro atoms. The van der Waals surface area contributed by atoms with Crippen LogP contribution in [0.3, 0.4) is 0 Å². The van der Waals surface area contributed by atoms with Crippen molar-refractivity contribution in [2.75, 3.05) is 33.2 Å². The Hall–Kier alpha value is -0.120. The molecule has 0 aromatic carbocycles. The van der Waals surface area contributed by atoms with E-state index >= 15 is 0 Å². The summed E-state index contributed by atoms with van der Waals surface area (Å²) in [4.78, 5) is 5.18. The van der Waals surface area contributed by atoms with Crippen molar-refractivity contribution in [2.24, 2.45) is 17.6 Å². The van der Waals surface area contributed by atoms with Gasteiger partial charge in [0.1, 0.15) is 0 Å². The van der Waals surface area contributed by atoms with E-state index in [4.69, 9.17) is 5.73 Å². The number of hydrogen-bond acceptors (Lipinski definition) is 3. The van der Waals surface area contributed by atoms with Gasteiger partial charge in [0.05, 0.1) is 0 Å². The van der Waals surface area contributed by atoms with Crippen molar-refractivity contribution in [3.63, 3.8) is 0 Å². The molecule has 0 aromatic rings. The summed E-state index contributed by atoms with van der Waals surface area (Å²) in [5, 5.41) is 0. The molecule has 1 aliphatic heterocycles. The summed E-state index contributed by atoms with van der Waals surface area (Å²) in [7, 11) is 2.23. The van der Waals surface area contributed by atoms with Crippen molar-refractivity contribution in [3.05, 3.63) is 0 Å². The Balaban J connectivity index is 2.15. The SMILES string of the molecule is CC1CC(C)CC(CN)(N2CCN(C)CC2C)C1.